The predicted octanol–water partition coefficient (Wildman–Crippen LogP) is 4.92. The van der Waals surface area contributed by atoms with Gasteiger partial charge >= 0.3 is 0 Å². The number of hydrogen-bond acceptors (Lipinski definition) is 4. The van der Waals surface area contributed by atoms with Crippen molar-refractivity contribution in [2.75, 3.05) is 12.3 Å². The van der Waals surface area contributed by atoms with Gasteiger partial charge in [-0.3, -0.25) is 9.20 Å². The molecule has 1 amide bonds. The minimum absolute atomic E-state index is 0.217. The quantitative estimate of drug-likeness (QED) is 0.358. The second-order valence-corrected chi connectivity index (χ2v) is 8.55. The number of amides is 1. The SMILES string of the molecule is CC[C@H]1CCCCN1C(=O)CSc1nc2ccccc2c2nc3ccccc3n12. The Hall–Kier alpha value is -2.60. The molecule has 3 heterocycles. The van der Waals surface area contributed by atoms with Crippen LogP contribution in [0.15, 0.2) is 53.7 Å². The topological polar surface area (TPSA) is 50.5 Å². The zero-order valence-electron chi connectivity index (χ0n) is 16.5. The number of hydrogen-bond donors (Lipinski definition) is 0. The monoisotopic (exact) mass is 404 g/mol. The van der Waals surface area contributed by atoms with Crippen molar-refractivity contribution in [3.63, 3.8) is 0 Å². The number of aromatic nitrogens is 3. The number of rotatable bonds is 4. The summed E-state index contributed by atoms with van der Waals surface area (Å²) in [5.41, 5.74) is 3.78. The van der Waals surface area contributed by atoms with Crippen molar-refractivity contribution in [3.8, 4) is 0 Å². The molecule has 0 aliphatic carbocycles. The van der Waals surface area contributed by atoms with Crippen LogP contribution in [0.1, 0.15) is 32.6 Å². The number of likely N-dealkylation sites (tertiary alicyclic amines) is 1. The number of benzene rings is 2. The van der Waals surface area contributed by atoms with Crippen LogP contribution in [0, 0.1) is 0 Å². The van der Waals surface area contributed by atoms with E-state index in [-0.39, 0.29) is 5.91 Å². The lowest BCUT2D eigenvalue weighted by Crippen LogP contribution is -2.44. The molecule has 0 bridgehead atoms. The third kappa shape index (κ3) is 3.25. The summed E-state index contributed by atoms with van der Waals surface area (Å²) in [5, 5.41) is 1.85. The Balaban J connectivity index is 1.54. The van der Waals surface area contributed by atoms with E-state index in [2.05, 4.69) is 28.4 Å². The first-order chi connectivity index (χ1) is 14.3. The summed E-state index contributed by atoms with van der Waals surface area (Å²) in [7, 11) is 0. The number of carbonyl (C=O) groups is 1. The first-order valence-corrected chi connectivity index (χ1v) is 11.3. The fraction of sp³-hybridized carbons (Fsp3) is 0.348. The van der Waals surface area contributed by atoms with Gasteiger partial charge in [0.25, 0.3) is 0 Å². The van der Waals surface area contributed by atoms with Gasteiger partial charge in [0.2, 0.25) is 5.91 Å². The minimum Gasteiger partial charge on any atom is -0.339 e. The third-order valence-electron chi connectivity index (χ3n) is 5.86. The minimum atomic E-state index is 0.217. The molecule has 148 valence electrons. The Morgan fingerprint density at radius 1 is 1.07 bits per heavy atom. The molecule has 2 aromatic carbocycles. The van der Waals surface area contributed by atoms with Crippen molar-refractivity contribution in [1.29, 1.82) is 0 Å². The molecule has 5 nitrogen and oxygen atoms in total. The van der Waals surface area contributed by atoms with E-state index >= 15 is 0 Å². The molecule has 1 fully saturated rings. The Kier molecular flexibility index (Phi) is 4.87. The highest BCUT2D eigenvalue weighted by molar-refractivity contribution is 7.99. The standard InChI is InChI=1S/C23H24N4OS/c1-2-16-9-7-8-14-26(16)21(28)15-29-23-25-18-11-4-3-10-17(18)22-24-19-12-5-6-13-20(19)27(22)23/h3-6,10-13,16H,2,7-9,14-15H2,1H3/t16-/m0/s1. The molecule has 4 aromatic rings. The van der Waals surface area contributed by atoms with Crippen LogP contribution < -0.4 is 0 Å². The van der Waals surface area contributed by atoms with Crippen LogP contribution in [-0.2, 0) is 4.79 Å². The van der Waals surface area contributed by atoms with E-state index in [1.807, 2.05) is 36.4 Å². The largest absolute Gasteiger partial charge is 0.339 e. The summed E-state index contributed by atoms with van der Waals surface area (Å²) < 4.78 is 2.10. The van der Waals surface area contributed by atoms with Gasteiger partial charge in [0.1, 0.15) is 5.65 Å². The van der Waals surface area contributed by atoms with Crippen molar-refractivity contribution < 1.29 is 4.79 Å². The third-order valence-corrected chi connectivity index (χ3v) is 6.78. The van der Waals surface area contributed by atoms with E-state index in [1.165, 1.54) is 18.2 Å². The van der Waals surface area contributed by atoms with Crippen molar-refractivity contribution in [2.24, 2.45) is 0 Å². The van der Waals surface area contributed by atoms with Gasteiger partial charge in [-0.05, 0) is 49.9 Å². The number of imidazole rings is 1. The first-order valence-electron chi connectivity index (χ1n) is 10.3. The van der Waals surface area contributed by atoms with Crippen LogP contribution in [0.3, 0.4) is 0 Å². The molecule has 1 saturated heterocycles. The lowest BCUT2D eigenvalue weighted by atomic mass is 10.0. The highest BCUT2D eigenvalue weighted by Gasteiger charge is 2.25. The Labute approximate surface area is 174 Å². The van der Waals surface area contributed by atoms with Crippen molar-refractivity contribution in [3.05, 3.63) is 48.5 Å². The maximum Gasteiger partial charge on any atom is 0.233 e. The summed E-state index contributed by atoms with van der Waals surface area (Å²) >= 11 is 1.52. The maximum atomic E-state index is 13.0. The highest BCUT2D eigenvalue weighted by atomic mass is 32.2. The number of fused-ring (bicyclic) bond motifs is 5. The van der Waals surface area contributed by atoms with Gasteiger partial charge in [-0.1, -0.05) is 43.0 Å². The summed E-state index contributed by atoms with van der Waals surface area (Å²) in [5.74, 6) is 0.623. The average Bonchev–Trinajstić information content (AvgIpc) is 3.17. The van der Waals surface area contributed by atoms with Crippen LogP contribution in [0.5, 0.6) is 0 Å². The van der Waals surface area contributed by atoms with Gasteiger partial charge in [0, 0.05) is 18.0 Å². The van der Waals surface area contributed by atoms with Gasteiger partial charge in [-0.2, -0.15) is 0 Å². The van der Waals surface area contributed by atoms with Crippen molar-refractivity contribution >= 4 is 45.3 Å². The summed E-state index contributed by atoms with van der Waals surface area (Å²) in [6.07, 6.45) is 4.49. The molecule has 0 saturated carbocycles. The fourth-order valence-electron chi connectivity index (χ4n) is 4.37. The van der Waals surface area contributed by atoms with E-state index in [4.69, 9.17) is 9.97 Å². The number of thioether (sulfide) groups is 1. The molecule has 0 radical (unpaired) electrons. The second-order valence-electron chi connectivity index (χ2n) is 7.60. The number of piperidine rings is 1. The molecular weight excluding hydrogens is 380 g/mol. The molecule has 1 atom stereocenters. The maximum absolute atomic E-state index is 13.0. The molecule has 0 spiro atoms. The van der Waals surface area contributed by atoms with Crippen LogP contribution in [0.4, 0.5) is 0 Å². The van der Waals surface area contributed by atoms with E-state index in [9.17, 15) is 4.79 Å². The molecule has 2 aromatic heterocycles. The molecule has 1 aliphatic heterocycles. The van der Waals surface area contributed by atoms with Crippen LogP contribution in [-0.4, -0.2) is 43.5 Å². The summed E-state index contributed by atoms with van der Waals surface area (Å²) in [6, 6.07) is 16.6. The van der Waals surface area contributed by atoms with E-state index in [1.54, 1.807) is 0 Å². The Bertz CT molecular complexity index is 1200. The lowest BCUT2D eigenvalue weighted by Gasteiger charge is -2.35. The predicted molar refractivity (Wildman–Crippen MR) is 118 cm³/mol. The van der Waals surface area contributed by atoms with Crippen molar-refractivity contribution in [1.82, 2.24) is 19.3 Å². The lowest BCUT2D eigenvalue weighted by molar-refractivity contribution is -0.132. The van der Waals surface area contributed by atoms with Gasteiger partial charge < -0.3 is 4.90 Å². The Morgan fingerprint density at radius 2 is 1.86 bits per heavy atom. The van der Waals surface area contributed by atoms with Gasteiger partial charge in [0.05, 0.1) is 22.3 Å². The van der Waals surface area contributed by atoms with Gasteiger partial charge in [-0.15, -0.1) is 0 Å². The highest BCUT2D eigenvalue weighted by Crippen LogP contribution is 2.29. The zero-order valence-corrected chi connectivity index (χ0v) is 17.4. The number of nitrogens with zero attached hydrogens (tertiary/aromatic N) is 4. The van der Waals surface area contributed by atoms with Crippen molar-refractivity contribution in [2.45, 2.75) is 43.8 Å². The second kappa shape index (κ2) is 7.67. The van der Waals surface area contributed by atoms with E-state index in [0.717, 1.165) is 58.5 Å². The van der Waals surface area contributed by atoms with E-state index < -0.39 is 0 Å². The van der Waals surface area contributed by atoms with Gasteiger partial charge in [0.15, 0.2) is 5.16 Å². The number of para-hydroxylation sites is 3. The average molecular weight is 405 g/mol. The molecule has 29 heavy (non-hydrogen) atoms. The molecule has 0 unspecified atom stereocenters. The van der Waals surface area contributed by atoms with Crippen LogP contribution >= 0.6 is 11.8 Å². The zero-order chi connectivity index (χ0) is 19.8. The summed E-state index contributed by atoms with van der Waals surface area (Å²) in [6.45, 7) is 3.06. The molecular formula is C23H24N4OS. The molecule has 5 rings (SSSR count). The fourth-order valence-corrected chi connectivity index (χ4v) is 5.27. The number of carbonyl (C=O) groups excluding carboxylic acids is 1. The normalized spacial score (nSPS) is 17.4. The van der Waals surface area contributed by atoms with Crippen LogP contribution in [0.25, 0.3) is 27.6 Å². The smallest absolute Gasteiger partial charge is 0.233 e. The van der Waals surface area contributed by atoms with Crippen LogP contribution in [0.2, 0.25) is 0 Å². The van der Waals surface area contributed by atoms with Gasteiger partial charge in [-0.25, -0.2) is 9.97 Å². The van der Waals surface area contributed by atoms with E-state index in [0.29, 0.717) is 11.8 Å². The molecule has 1 aliphatic rings. The molecule has 0 N–H and O–H groups in total. The Morgan fingerprint density at radius 3 is 2.72 bits per heavy atom. The molecule has 6 heteroatoms. The first kappa shape index (κ1) is 18.4. The summed E-state index contributed by atoms with van der Waals surface area (Å²) in [4.78, 5) is 24.8.